The first-order chi connectivity index (χ1) is 15.0. The van der Waals surface area contributed by atoms with E-state index in [1.54, 1.807) is 30.0 Å². The Morgan fingerprint density at radius 3 is 2.35 bits per heavy atom. The van der Waals surface area contributed by atoms with Gasteiger partial charge in [0.25, 0.3) is 11.6 Å². The van der Waals surface area contributed by atoms with Gasteiger partial charge in [0.2, 0.25) is 5.88 Å². The van der Waals surface area contributed by atoms with Crippen molar-refractivity contribution in [1.82, 2.24) is 15.1 Å². The Morgan fingerprint density at radius 2 is 1.71 bits per heavy atom. The van der Waals surface area contributed by atoms with Crippen LogP contribution in [0.15, 0.2) is 60.7 Å². The van der Waals surface area contributed by atoms with E-state index >= 15 is 0 Å². The first-order valence-electron chi connectivity index (χ1n) is 9.88. The molecule has 3 aromatic rings. The van der Waals surface area contributed by atoms with Gasteiger partial charge in [-0.15, -0.1) is 10.2 Å². The first-order valence-corrected chi connectivity index (χ1v) is 9.88. The number of nitro groups is 1. The van der Waals surface area contributed by atoms with Crippen molar-refractivity contribution >= 4 is 17.4 Å². The summed E-state index contributed by atoms with van der Waals surface area (Å²) in [5, 5.41) is 19.5. The van der Waals surface area contributed by atoms with Crippen molar-refractivity contribution in [3.8, 4) is 11.6 Å². The molecule has 1 aromatic heterocycles. The number of para-hydroxylation sites is 1. The van der Waals surface area contributed by atoms with Crippen LogP contribution in [0.2, 0.25) is 0 Å². The van der Waals surface area contributed by atoms with Crippen LogP contribution in [-0.2, 0) is 0 Å². The van der Waals surface area contributed by atoms with E-state index < -0.39 is 4.92 Å². The SMILES string of the molecule is Cc1c(C(=O)N2CCN(c3ccc(Oc4ccccc4)nn3)CC2)cccc1[N+](=O)[O-]. The van der Waals surface area contributed by atoms with E-state index in [0.29, 0.717) is 54.8 Å². The molecule has 0 saturated carbocycles. The molecule has 0 atom stereocenters. The van der Waals surface area contributed by atoms with Crippen molar-refractivity contribution < 1.29 is 14.5 Å². The third-order valence-corrected chi connectivity index (χ3v) is 5.21. The highest BCUT2D eigenvalue weighted by molar-refractivity contribution is 5.96. The number of anilines is 1. The molecular weight excluding hydrogens is 398 g/mol. The summed E-state index contributed by atoms with van der Waals surface area (Å²) in [5.74, 6) is 1.61. The second-order valence-corrected chi connectivity index (χ2v) is 7.13. The van der Waals surface area contributed by atoms with E-state index in [4.69, 9.17) is 4.74 Å². The van der Waals surface area contributed by atoms with Gasteiger partial charge in [-0.25, -0.2) is 0 Å². The van der Waals surface area contributed by atoms with Gasteiger partial charge in [-0.05, 0) is 31.2 Å². The van der Waals surface area contributed by atoms with Crippen molar-refractivity contribution in [1.29, 1.82) is 0 Å². The van der Waals surface area contributed by atoms with E-state index in [9.17, 15) is 14.9 Å². The standard InChI is InChI=1S/C22H21N5O4/c1-16-18(8-5-9-19(16)27(29)30)22(28)26-14-12-25(13-15-26)20-10-11-21(24-23-20)31-17-6-3-2-4-7-17/h2-11H,12-15H2,1H3. The average Bonchev–Trinajstić information content (AvgIpc) is 2.80. The van der Waals surface area contributed by atoms with Crippen LogP contribution in [-0.4, -0.2) is 52.1 Å². The summed E-state index contributed by atoms with van der Waals surface area (Å²) in [7, 11) is 0. The number of nitrogens with zero attached hydrogens (tertiary/aromatic N) is 5. The molecule has 0 bridgehead atoms. The van der Waals surface area contributed by atoms with Crippen molar-refractivity contribution in [2.75, 3.05) is 31.1 Å². The maximum absolute atomic E-state index is 12.9. The van der Waals surface area contributed by atoms with Crippen LogP contribution in [0.1, 0.15) is 15.9 Å². The zero-order valence-electron chi connectivity index (χ0n) is 17.0. The normalized spacial score (nSPS) is 13.7. The lowest BCUT2D eigenvalue weighted by Gasteiger charge is -2.35. The van der Waals surface area contributed by atoms with Crippen LogP contribution in [0.3, 0.4) is 0 Å². The maximum atomic E-state index is 12.9. The molecule has 1 fully saturated rings. The van der Waals surface area contributed by atoms with Gasteiger partial charge >= 0.3 is 0 Å². The van der Waals surface area contributed by atoms with Crippen LogP contribution < -0.4 is 9.64 Å². The van der Waals surface area contributed by atoms with Crippen LogP contribution in [0.5, 0.6) is 11.6 Å². The number of carbonyl (C=O) groups is 1. The highest BCUT2D eigenvalue weighted by Gasteiger charge is 2.26. The molecule has 4 rings (SSSR count). The van der Waals surface area contributed by atoms with E-state index in [0.717, 1.165) is 0 Å². The van der Waals surface area contributed by atoms with Gasteiger partial charge in [0.05, 0.1) is 4.92 Å². The van der Waals surface area contributed by atoms with Crippen molar-refractivity contribution in [3.63, 3.8) is 0 Å². The number of hydrogen-bond donors (Lipinski definition) is 0. The average molecular weight is 419 g/mol. The summed E-state index contributed by atoms with van der Waals surface area (Å²) in [6, 6.07) is 17.5. The molecule has 0 radical (unpaired) electrons. The van der Waals surface area contributed by atoms with Gasteiger partial charge in [0.15, 0.2) is 5.82 Å². The Kier molecular flexibility index (Phi) is 5.74. The van der Waals surface area contributed by atoms with Gasteiger partial charge < -0.3 is 14.5 Å². The number of hydrogen-bond acceptors (Lipinski definition) is 7. The van der Waals surface area contributed by atoms with E-state index in [-0.39, 0.29) is 11.6 Å². The fourth-order valence-electron chi connectivity index (χ4n) is 3.51. The second-order valence-electron chi connectivity index (χ2n) is 7.13. The monoisotopic (exact) mass is 419 g/mol. The zero-order valence-corrected chi connectivity index (χ0v) is 17.0. The van der Waals surface area contributed by atoms with Crippen LogP contribution in [0, 0.1) is 17.0 Å². The minimum atomic E-state index is -0.464. The fraction of sp³-hybridized carbons (Fsp3) is 0.227. The molecular formula is C22H21N5O4. The quantitative estimate of drug-likeness (QED) is 0.461. The van der Waals surface area contributed by atoms with Gasteiger partial charge in [-0.3, -0.25) is 14.9 Å². The molecule has 0 unspecified atom stereocenters. The maximum Gasteiger partial charge on any atom is 0.273 e. The van der Waals surface area contributed by atoms with Crippen molar-refractivity contribution in [3.05, 3.63) is 81.9 Å². The molecule has 0 N–H and O–H groups in total. The van der Waals surface area contributed by atoms with E-state index in [1.165, 1.54) is 6.07 Å². The Labute approximate surface area is 179 Å². The number of benzene rings is 2. The number of rotatable bonds is 5. The van der Waals surface area contributed by atoms with Crippen LogP contribution >= 0.6 is 0 Å². The minimum Gasteiger partial charge on any atom is -0.438 e. The van der Waals surface area contributed by atoms with Gasteiger partial charge in [-0.1, -0.05) is 24.3 Å². The molecule has 1 saturated heterocycles. The predicted molar refractivity (Wildman–Crippen MR) is 114 cm³/mol. The Bertz CT molecular complexity index is 1080. The summed E-state index contributed by atoms with van der Waals surface area (Å²) in [5.41, 5.74) is 0.710. The number of ether oxygens (including phenoxy) is 1. The molecule has 1 aliphatic rings. The number of piperazine rings is 1. The predicted octanol–water partition coefficient (Wildman–Crippen LogP) is 3.45. The van der Waals surface area contributed by atoms with Crippen molar-refractivity contribution in [2.24, 2.45) is 0 Å². The molecule has 9 nitrogen and oxygen atoms in total. The third kappa shape index (κ3) is 4.45. The molecule has 0 aliphatic carbocycles. The highest BCUT2D eigenvalue weighted by atomic mass is 16.6. The molecule has 158 valence electrons. The topological polar surface area (TPSA) is 102 Å². The first kappa shape index (κ1) is 20.3. The Morgan fingerprint density at radius 1 is 0.968 bits per heavy atom. The molecule has 9 heteroatoms. The zero-order chi connectivity index (χ0) is 21.8. The molecule has 1 amide bonds. The lowest BCUT2D eigenvalue weighted by molar-refractivity contribution is -0.385. The second kappa shape index (κ2) is 8.78. The third-order valence-electron chi connectivity index (χ3n) is 5.21. The minimum absolute atomic E-state index is 0.0439. The molecule has 1 aliphatic heterocycles. The Balaban J connectivity index is 1.38. The van der Waals surface area contributed by atoms with Crippen molar-refractivity contribution in [2.45, 2.75) is 6.92 Å². The largest absolute Gasteiger partial charge is 0.438 e. The van der Waals surface area contributed by atoms with Crippen LogP contribution in [0.25, 0.3) is 0 Å². The molecule has 0 spiro atoms. The fourth-order valence-corrected chi connectivity index (χ4v) is 3.51. The molecule has 2 aromatic carbocycles. The van der Waals surface area contributed by atoms with Crippen LogP contribution in [0.4, 0.5) is 11.5 Å². The number of nitro benzene ring substituents is 1. The Hall–Kier alpha value is -4.01. The molecule has 31 heavy (non-hydrogen) atoms. The summed E-state index contributed by atoms with van der Waals surface area (Å²) in [4.78, 5) is 27.3. The number of carbonyl (C=O) groups excluding carboxylic acids is 1. The van der Waals surface area contributed by atoms with E-state index in [2.05, 4.69) is 10.2 Å². The van der Waals surface area contributed by atoms with Gasteiger partial charge in [0, 0.05) is 49.4 Å². The summed E-state index contributed by atoms with van der Waals surface area (Å²) in [6.07, 6.45) is 0. The number of aromatic nitrogens is 2. The summed E-state index contributed by atoms with van der Waals surface area (Å²) < 4.78 is 5.66. The lowest BCUT2D eigenvalue weighted by atomic mass is 10.1. The van der Waals surface area contributed by atoms with E-state index in [1.807, 2.05) is 41.3 Å². The lowest BCUT2D eigenvalue weighted by Crippen LogP contribution is -2.49. The summed E-state index contributed by atoms with van der Waals surface area (Å²) in [6.45, 7) is 3.77. The summed E-state index contributed by atoms with van der Waals surface area (Å²) >= 11 is 0. The van der Waals surface area contributed by atoms with Gasteiger partial charge in [0.1, 0.15) is 5.75 Å². The highest BCUT2D eigenvalue weighted by Crippen LogP contribution is 2.24. The van der Waals surface area contributed by atoms with Gasteiger partial charge in [-0.2, -0.15) is 0 Å². The molecule has 2 heterocycles. The smallest absolute Gasteiger partial charge is 0.273 e. The number of amides is 1.